The lowest BCUT2D eigenvalue weighted by Crippen LogP contribution is -2.17. The second-order valence-corrected chi connectivity index (χ2v) is 3.04. The largest absolute Gasteiger partial charge is 0.573 e. The Morgan fingerprint density at radius 3 is 2.53 bits per heavy atom. The zero-order valence-electron chi connectivity index (χ0n) is 9.75. The molecule has 2 heterocycles. The van der Waals surface area contributed by atoms with Gasteiger partial charge in [0, 0.05) is 6.20 Å². The maximum Gasteiger partial charge on any atom is 0.573 e. The van der Waals surface area contributed by atoms with Crippen LogP contribution >= 0.6 is 0 Å². The summed E-state index contributed by atoms with van der Waals surface area (Å²) in [7, 11) is 0. The second kappa shape index (κ2) is 5.07. The van der Waals surface area contributed by atoms with Crippen LogP contribution in [0, 0.1) is 6.92 Å². The van der Waals surface area contributed by atoms with Crippen LogP contribution in [0.25, 0.3) is 5.52 Å². The van der Waals surface area contributed by atoms with Crippen LogP contribution in [0.15, 0.2) is 24.5 Å². The fourth-order valence-electron chi connectivity index (χ4n) is 1.37. The normalized spacial score (nSPS) is 10.9. The number of hydrogen-bond donors (Lipinski definition) is 0. The highest BCUT2D eigenvalue weighted by Crippen LogP contribution is 2.28. The Bertz CT molecular complexity index is 491. The van der Waals surface area contributed by atoms with Crippen LogP contribution in [-0.4, -0.2) is 16.0 Å². The summed E-state index contributed by atoms with van der Waals surface area (Å²) in [6.45, 7) is 5.67. The van der Waals surface area contributed by atoms with Gasteiger partial charge in [0.15, 0.2) is 5.75 Å². The number of alkyl halides is 3. The van der Waals surface area contributed by atoms with Gasteiger partial charge in [-0.2, -0.15) is 5.10 Å². The summed E-state index contributed by atoms with van der Waals surface area (Å²) in [6, 6.07) is 2.71. The minimum absolute atomic E-state index is 0.236. The lowest BCUT2D eigenvalue weighted by molar-refractivity contribution is -0.274. The zero-order valence-corrected chi connectivity index (χ0v) is 9.75. The molecule has 0 bridgehead atoms. The van der Waals surface area contributed by atoms with Crippen LogP contribution in [-0.2, 0) is 0 Å². The van der Waals surface area contributed by atoms with E-state index in [1.807, 2.05) is 13.8 Å². The molecular weight excluding hydrogens is 233 g/mol. The molecule has 0 spiro atoms. The summed E-state index contributed by atoms with van der Waals surface area (Å²) in [5, 5.41) is 3.88. The van der Waals surface area contributed by atoms with Gasteiger partial charge >= 0.3 is 6.36 Å². The standard InChI is InChI=1S/C9H7F3N2O.C2H6/c1-6-5-13-14-4-2-3-7(8(6)14)15-9(10,11)12;1-2/h2-5H,1H3;1-2H3. The lowest BCUT2D eigenvalue weighted by atomic mass is 10.3. The van der Waals surface area contributed by atoms with Crippen molar-refractivity contribution in [3.63, 3.8) is 0 Å². The molecule has 2 aromatic heterocycles. The summed E-state index contributed by atoms with van der Waals surface area (Å²) in [5.41, 5.74) is 0.963. The van der Waals surface area contributed by atoms with E-state index in [2.05, 4.69) is 9.84 Å². The van der Waals surface area contributed by atoms with Crippen molar-refractivity contribution in [3.05, 3.63) is 30.1 Å². The van der Waals surface area contributed by atoms with Gasteiger partial charge in [-0.15, -0.1) is 13.2 Å². The third kappa shape index (κ3) is 3.12. The molecule has 0 saturated carbocycles. The van der Waals surface area contributed by atoms with E-state index in [1.165, 1.54) is 22.8 Å². The van der Waals surface area contributed by atoms with Gasteiger partial charge in [0.2, 0.25) is 0 Å². The van der Waals surface area contributed by atoms with Crippen LogP contribution in [0.3, 0.4) is 0 Å². The Balaban J connectivity index is 0.000000686. The van der Waals surface area contributed by atoms with Gasteiger partial charge in [0.1, 0.15) is 5.52 Å². The van der Waals surface area contributed by atoms with E-state index in [0.29, 0.717) is 11.1 Å². The van der Waals surface area contributed by atoms with E-state index in [0.717, 1.165) is 0 Å². The molecule has 0 radical (unpaired) electrons. The third-order valence-corrected chi connectivity index (χ3v) is 1.91. The molecule has 6 heteroatoms. The number of fused-ring (bicyclic) bond motifs is 1. The molecule has 0 aliphatic carbocycles. The number of hydrogen-bond acceptors (Lipinski definition) is 2. The van der Waals surface area contributed by atoms with Crippen LogP contribution in [0.5, 0.6) is 5.75 Å². The molecule has 17 heavy (non-hydrogen) atoms. The molecule has 0 N–H and O–H groups in total. The van der Waals surface area contributed by atoms with Crippen LogP contribution < -0.4 is 4.74 Å². The molecule has 0 aromatic carbocycles. The van der Waals surface area contributed by atoms with E-state index in [-0.39, 0.29) is 5.75 Å². The maximum atomic E-state index is 12.1. The van der Waals surface area contributed by atoms with Crippen LogP contribution in [0.4, 0.5) is 13.2 Å². The highest BCUT2D eigenvalue weighted by Gasteiger charge is 2.32. The van der Waals surface area contributed by atoms with Crippen molar-refractivity contribution in [2.24, 2.45) is 0 Å². The van der Waals surface area contributed by atoms with E-state index < -0.39 is 6.36 Å². The third-order valence-electron chi connectivity index (χ3n) is 1.91. The molecule has 3 nitrogen and oxygen atoms in total. The van der Waals surface area contributed by atoms with Gasteiger partial charge in [-0.05, 0) is 24.6 Å². The summed E-state index contributed by atoms with van der Waals surface area (Å²) >= 11 is 0. The molecule has 94 valence electrons. The monoisotopic (exact) mass is 246 g/mol. The first-order valence-electron chi connectivity index (χ1n) is 5.16. The topological polar surface area (TPSA) is 26.5 Å². The lowest BCUT2D eigenvalue weighted by Gasteiger charge is -2.10. The van der Waals surface area contributed by atoms with Crippen molar-refractivity contribution < 1.29 is 17.9 Å². The molecule has 2 rings (SSSR count). The molecule has 2 aromatic rings. The van der Waals surface area contributed by atoms with E-state index in [9.17, 15) is 13.2 Å². The number of aryl methyl sites for hydroxylation is 1. The van der Waals surface area contributed by atoms with Crippen LogP contribution in [0.1, 0.15) is 19.4 Å². The van der Waals surface area contributed by atoms with Crippen molar-refractivity contribution in [2.45, 2.75) is 27.1 Å². The zero-order chi connectivity index (χ0) is 13.1. The Kier molecular flexibility index (Phi) is 3.98. The summed E-state index contributed by atoms with van der Waals surface area (Å²) < 4.78 is 41.4. The molecule has 0 saturated heterocycles. The predicted octanol–water partition coefficient (Wildman–Crippen LogP) is 3.57. The maximum absolute atomic E-state index is 12.1. The first-order valence-corrected chi connectivity index (χ1v) is 5.16. The number of pyridine rings is 1. The van der Waals surface area contributed by atoms with Crippen molar-refractivity contribution in [3.8, 4) is 5.75 Å². The van der Waals surface area contributed by atoms with E-state index >= 15 is 0 Å². The molecular formula is C11H13F3N2O. The number of aromatic nitrogens is 2. The Morgan fingerprint density at radius 1 is 1.29 bits per heavy atom. The Hall–Kier alpha value is -1.72. The fourth-order valence-corrected chi connectivity index (χ4v) is 1.37. The molecule has 0 atom stereocenters. The van der Waals surface area contributed by atoms with Gasteiger partial charge in [0.25, 0.3) is 0 Å². The minimum Gasteiger partial charge on any atom is -0.403 e. The van der Waals surface area contributed by atoms with Gasteiger partial charge in [-0.1, -0.05) is 13.8 Å². The predicted molar refractivity (Wildman–Crippen MR) is 58.0 cm³/mol. The molecule has 0 fully saturated rings. The molecule has 0 aliphatic rings. The molecule has 0 unspecified atom stereocenters. The van der Waals surface area contributed by atoms with Crippen molar-refractivity contribution in [2.75, 3.05) is 0 Å². The summed E-state index contributed by atoms with van der Waals surface area (Å²) in [5.74, 6) is -0.236. The number of nitrogens with zero attached hydrogens (tertiary/aromatic N) is 2. The average Bonchev–Trinajstić information content (AvgIpc) is 2.62. The summed E-state index contributed by atoms with van der Waals surface area (Å²) in [4.78, 5) is 0. The van der Waals surface area contributed by atoms with Crippen molar-refractivity contribution in [1.29, 1.82) is 0 Å². The molecule has 0 amide bonds. The van der Waals surface area contributed by atoms with Gasteiger partial charge in [-0.25, -0.2) is 4.52 Å². The van der Waals surface area contributed by atoms with Gasteiger partial charge in [0.05, 0.1) is 6.20 Å². The average molecular weight is 246 g/mol. The van der Waals surface area contributed by atoms with Crippen molar-refractivity contribution >= 4 is 5.52 Å². The minimum atomic E-state index is -4.68. The molecule has 0 aliphatic heterocycles. The highest BCUT2D eigenvalue weighted by atomic mass is 19.4. The number of ether oxygens (including phenoxy) is 1. The van der Waals surface area contributed by atoms with E-state index in [4.69, 9.17) is 0 Å². The van der Waals surface area contributed by atoms with E-state index in [1.54, 1.807) is 13.1 Å². The number of rotatable bonds is 1. The quantitative estimate of drug-likeness (QED) is 0.769. The Labute approximate surface area is 96.8 Å². The second-order valence-electron chi connectivity index (χ2n) is 3.04. The van der Waals surface area contributed by atoms with Gasteiger partial charge < -0.3 is 4.74 Å². The Morgan fingerprint density at radius 2 is 1.94 bits per heavy atom. The smallest absolute Gasteiger partial charge is 0.403 e. The first kappa shape index (κ1) is 13.3. The first-order chi connectivity index (χ1) is 7.97. The summed E-state index contributed by atoms with van der Waals surface area (Å²) in [6.07, 6.45) is -1.64. The SMILES string of the molecule is CC.Cc1cnn2cccc(OC(F)(F)F)c12. The van der Waals surface area contributed by atoms with Gasteiger partial charge in [-0.3, -0.25) is 0 Å². The number of halogens is 3. The van der Waals surface area contributed by atoms with Crippen LogP contribution in [0.2, 0.25) is 0 Å². The van der Waals surface area contributed by atoms with Crippen molar-refractivity contribution in [1.82, 2.24) is 9.61 Å². The fraction of sp³-hybridized carbons (Fsp3) is 0.364. The highest BCUT2D eigenvalue weighted by molar-refractivity contribution is 5.64.